The molecule has 2 aromatic rings. The van der Waals surface area contributed by atoms with E-state index in [0.29, 0.717) is 16.9 Å². The molecule has 2 rings (SSSR count). The van der Waals surface area contributed by atoms with Gasteiger partial charge in [0.15, 0.2) is 5.84 Å². The van der Waals surface area contributed by atoms with Gasteiger partial charge in [0.1, 0.15) is 6.54 Å². The second-order valence-electron chi connectivity index (χ2n) is 6.12. The van der Waals surface area contributed by atoms with Gasteiger partial charge in [-0.2, -0.15) is 13.2 Å². The lowest BCUT2D eigenvalue weighted by Gasteiger charge is -2.17. The number of amidine groups is 1. The molecule has 0 bridgehead atoms. The zero-order valence-electron chi connectivity index (χ0n) is 15.4. The Kier molecular flexibility index (Phi) is 6.47. The van der Waals surface area contributed by atoms with Crippen molar-refractivity contribution in [1.29, 1.82) is 0 Å². The predicted octanol–water partition coefficient (Wildman–Crippen LogP) is 2.33. The van der Waals surface area contributed by atoms with Crippen molar-refractivity contribution in [2.24, 2.45) is 16.7 Å². The van der Waals surface area contributed by atoms with Crippen molar-refractivity contribution in [2.45, 2.75) is 6.18 Å². The summed E-state index contributed by atoms with van der Waals surface area (Å²) in [6, 6.07) is 11.4. The van der Waals surface area contributed by atoms with Crippen molar-refractivity contribution in [3.63, 3.8) is 0 Å². The average molecular weight is 394 g/mol. The molecule has 1 amide bonds. The fourth-order valence-electron chi connectivity index (χ4n) is 2.22. The van der Waals surface area contributed by atoms with Gasteiger partial charge in [0.25, 0.3) is 0 Å². The maximum atomic E-state index is 12.7. The van der Waals surface area contributed by atoms with E-state index in [1.54, 1.807) is 38.4 Å². The Morgan fingerprint density at radius 3 is 2.29 bits per heavy atom. The Bertz CT molecular complexity index is 849. The lowest BCUT2D eigenvalue weighted by molar-refractivity contribution is -0.137. The number of hydrogen-bond acceptors (Lipinski definition) is 5. The maximum absolute atomic E-state index is 12.7. The molecule has 0 aliphatic heterocycles. The van der Waals surface area contributed by atoms with E-state index < -0.39 is 11.7 Å². The number of nitrogens with zero attached hydrogens (tertiary/aromatic N) is 3. The highest BCUT2D eigenvalue weighted by Gasteiger charge is 2.29. The topological polar surface area (TPSA) is 100.0 Å². The van der Waals surface area contributed by atoms with Gasteiger partial charge in [0.05, 0.1) is 5.56 Å². The van der Waals surface area contributed by atoms with Crippen LogP contribution in [0.1, 0.15) is 11.1 Å². The number of nitrogens with two attached hydrogens (primary N) is 2. The van der Waals surface area contributed by atoms with Crippen molar-refractivity contribution in [2.75, 3.05) is 26.0 Å². The second kappa shape index (κ2) is 8.61. The SMILES string of the molecule is CN(C)C(=O)CN(N)/N=C(\N)c1ccccc1Nc1ccc(C(F)(F)F)cc1. The van der Waals surface area contributed by atoms with Gasteiger partial charge in [-0.05, 0) is 36.4 Å². The Hall–Kier alpha value is -3.27. The Balaban J connectivity index is 2.20. The molecule has 0 aromatic heterocycles. The Morgan fingerprint density at radius 1 is 1.11 bits per heavy atom. The number of rotatable bonds is 6. The number of benzene rings is 2. The molecule has 0 radical (unpaired) electrons. The number of anilines is 2. The van der Waals surface area contributed by atoms with Crippen molar-refractivity contribution >= 4 is 23.1 Å². The normalized spacial score (nSPS) is 11.9. The van der Waals surface area contributed by atoms with Crippen LogP contribution in [0, 0.1) is 0 Å². The second-order valence-corrected chi connectivity index (χ2v) is 6.12. The van der Waals surface area contributed by atoms with Gasteiger partial charge in [-0.3, -0.25) is 4.79 Å². The van der Waals surface area contributed by atoms with Crippen LogP contribution in [0.25, 0.3) is 0 Å². The number of hydrazine groups is 1. The third-order valence-electron chi connectivity index (χ3n) is 3.73. The van der Waals surface area contributed by atoms with Gasteiger partial charge in [0, 0.05) is 31.0 Å². The molecule has 0 unspecified atom stereocenters. The van der Waals surface area contributed by atoms with Crippen LogP contribution in [-0.2, 0) is 11.0 Å². The number of amides is 1. The van der Waals surface area contributed by atoms with E-state index in [4.69, 9.17) is 11.6 Å². The molecule has 0 saturated heterocycles. The van der Waals surface area contributed by atoms with Crippen molar-refractivity contribution < 1.29 is 18.0 Å². The van der Waals surface area contributed by atoms with E-state index in [9.17, 15) is 18.0 Å². The lowest BCUT2D eigenvalue weighted by Crippen LogP contribution is -2.39. The number of likely N-dealkylation sites (N-methyl/N-ethyl adjacent to an activating group) is 1. The van der Waals surface area contributed by atoms with Crippen LogP contribution < -0.4 is 16.9 Å². The van der Waals surface area contributed by atoms with E-state index in [0.717, 1.165) is 17.3 Å². The van der Waals surface area contributed by atoms with Gasteiger partial charge in [-0.15, -0.1) is 5.10 Å². The summed E-state index contributed by atoms with van der Waals surface area (Å²) in [5, 5.41) is 7.91. The van der Waals surface area contributed by atoms with Crippen molar-refractivity contribution in [3.05, 3.63) is 59.7 Å². The first-order chi connectivity index (χ1) is 13.1. The molecule has 7 nitrogen and oxygen atoms in total. The molecule has 0 saturated carbocycles. The molecular weight excluding hydrogens is 373 g/mol. The number of hydrogen-bond donors (Lipinski definition) is 3. The fraction of sp³-hybridized carbons (Fsp3) is 0.222. The van der Waals surface area contributed by atoms with E-state index in [2.05, 4.69) is 10.4 Å². The molecule has 0 fully saturated rings. The molecule has 0 spiro atoms. The highest BCUT2D eigenvalue weighted by molar-refractivity contribution is 6.02. The summed E-state index contributed by atoms with van der Waals surface area (Å²) in [5.74, 6) is 5.49. The smallest absolute Gasteiger partial charge is 0.382 e. The van der Waals surface area contributed by atoms with Crippen LogP contribution in [0.2, 0.25) is 0 Å². The van der Waals surface area contributed by atoms with Crippen LogP contribution in [0.3, 0.4) is 0 Å². The standard InChI is InChI=1S/C18H21F3N6O/c1-26(2)16(28)11-27(23)25-17(22)14-5-3-4-6-15(14)24-13-9-7-12(8-10-13)18(19,20)21/h3-10,24H,11,23H2,1-2H3,(H2,22,25). The molecule has 0 aliphatic carbocycles. The number of halogens is 3. The number of nitrogens with one attached hydrogen (secondary N) is 1. The van der Waals surface area contributed by atoms with Crippen LogP contribution in [0.5, 0.6) is 0 Å². The predicted molar refractivity (Wildman–Crippen MR) is 101 cm³/mol. The summed E-state index contributed by atoms with van der Waals surface area (Å²) in [4.78, 5) is 13.0. The minimum Gasteiger partial charge on any atom is -0.382 e. The number of alkyl halides is 3. The Morgan fingerprint density at radius 2 is 1.71 bits per heavy atom. The number of hydrazone groups is 1. The third kappa shape index (κ3) is 5.61. The van der Waals surface area contributed by atoms with Crippen LogP contribution in [-0.4, -0.2) is 42.4 Å². The van der Waals surface area contributed by atoms with Crippen LogP contribution in [0.4, 0.5) is 24.5 Å². The largest absolute Gasteiger partial charge is 0.416 e. The van der Waals surface area contributed by atoms with Crippen molar-refractivity contribution in [3.8, 4) is 0 Å². The Labute approximate surface area is 160 Å². The monoisotopic (exact) mass is 394 g/mol. The van der Waals surface area contributed by atoms with E-state index in [1.165, 1.54) is 17.0 Å². The number of para-hydroxylation sites is 1. The average Bonchev–Trinajstić information content (AvgIpc) is 2.61. The third-order valence-corrected chi connectivity index (χ3v) is 3.73. The zero-order valence-corrected chi connectivity index (χ0v) is 15.4. The summed E-state index contributed by atoms with van der Waals surface area (Å²) in [6.07, 6.45) is -4.40. The van der Waals surface area contributed by atoms with E-state index in [1.807, 2.05) is 0 Å². The first kappa shape index (κ1) is 21.0. The van der Waals surface area contributed by atoms with Crippen LogP contribution in [0.15, 0.2) is 53.6 Å². The fourth-order valence-corrected chi connectivity index (χ4v) is 2.22. The van der Waals surface area contributed by atoms with Crippen LogP contribution >= 0.6 is 0 Å². The number of carbonyl (C=O) groups excluding carboxylic acids is 1. The van der Waals surface area contributed by atoms with Gasteiger partial charge in [-0.1, -0.05) is 12.1 Å². The molecule has 5 N–H and O–H groups in total. The van der Waals surface area contributed by atoms with E-state index >= 15 is 0 Å². The van der Waals surface area contributed by atoms with Gasteiger partial charge in [-0.25, -0.2) is 11.0 Å². The molecule has 0 heterocycles. The minimum atomic E-state index is -4.40. The first-order valence-electron chi connectivity index (χ1n) is 8.18. The molecule has 28 heavy (non-hydrogen) atoms. The summed E-state index contributed by atoms with van der Waals surface area (Å²) in [5.41, 5.74) is 6.71. The lowest BCUT2D eigenvalue weighted by atomic mass is 10.1. The molecule has 150 valence electrons. The highest BCUT2D eigenvalue weighted by Crippen LogP contribution is 2.30. The summed E-state index contributed by atoms with van der Waals surface area (Å²) >= 11 is 0. The molecular formula is C18H21F3N6O. The molecule has 0 atom stereocenters. The molecule has 2 aromatic carbocycles. The quantitative estimate of drug-likeness (QED) is 0.302. The highest BCUT2D eigenvalue weighted by atomic mass is 19.4. The zero-order chi connectivity index (χ0) is 20.9. The van der Waals surface area contributed by atoms with Gasteiger partial charge >= 0.3 is 6.18 Å². The maximum Gasteiger partial charge on any atom is 0.416 e. The molecule has 0 aliphatic rings. The van der Waals surface area contributed by atoms with Gasteiger partial charge < -0.3 is 16.0 Å². The van der Waals surface area contributed by atoms with Gasteiger partial charge in [0.2, 0.25) is 5.91 Å². The van der Waals surface area contributed by atoms with E-state index in [-0.39, 0.29) is 18.3 Å². The summed E-state index contributed by atoms with van der Waals surface area (Å²) < 4.78 is 38.0. The first-order valence-corrected chi connectivity index (χ1v) is 8.18. The summed E-state index contributed by atoms with van der Waals surface area (Å²) in [6.45, 7) is -0.164. The molecule has 10 heteroatoms. The summed E-state index contributed by atoms with van der Waals surface area (Å²) in [7, 11) is 3.18. The van der Waals surface area contributed by atoms with Crippen molar-refractivity contribution in [1.82, 2.24) is 10.0 Å². The number of carbonyl (C=O) groups is 1. The minimum absolute atomic E-state index is 0.0454.